The van der Waals surface area contributed by atoms with Gasteiger partial charge in [-0.1, -0.05) is 23.7 Å². The van der Waals surface area contributed by atoms with E-state index >= 15 is 0 Å². The van der Waals surface area contributed by atoms with E-state index in [1.807, 2.05) is 24.3 Å². The minimum atomic E-state index is 0.555. The van der Waals surface area contributed by atoms with Crippen LogP contribution in [-0.2, 0) is 11.3 Å². The first-order valence-electron chi connectivity index (χ1n) is 8.15. The molecule has 1 unspecified atom stereocenters. The Balaban J connectivity index is 1.75. The quantitative estimate of drug-likeness (QED) is 0.590. The Morgan fingerprint density at radius 1 is 1.35 bits per heavy atom. The van der Waals surface area contributed by atoms with Gasteiger partial charge in [-0.15, -0.1) is 0 Å². The van der Waals surface area contributed by atoms with Crippen LogP contribution < -0.4 is 10.6 Å². The van der Waals surface area contributed by atoms with Crippen LogP contribution in [0.25, 0.3) is 0 Å². The summed E-state index contributed by atoms with van der Waals surface area (Å²) in [6.07, 6.45) is 2.48. The molecule has 1 aromatic rings. The molecule has 2 N–H and O–H groups in total. The van der Waals surface area contributed by atoms with E-state index in [0.717, 1.165) is 43.8 Å². The number of benzene rings is 1. The maximum absolute atomic E-state index is 5.90. The van der Waals surface area contributed by atoms with Crippen LogP contribution in [0, 0.1) is 0 Å². The van der Waals surface area contributed by atoms with Crippen molar-refractivity contribution in [2.45, 2.75) is 25.4 Å². The summed E-state index contributed by atoms with van der Waals surface area (Å²) in [4.78, 5) is 6.78. The summed E-state index contributed by atoms with van der Waals surface area (Å²) >= 11 is 5.90. The second-order valence-electron chi connectivity index (χ2n) is 5.76. The third kappa shape index (κ3) is 6.01. The van der Waals surface area contributed by atoms with Crippen LogP contribution in [0.3, 0.4) is 0 Å². The highest BCUT2D eigenvalue weighted by atomic mass is 35.5. The van der Waals surface area contributed by atoms with Crippen molar-refractivity contribution in [2.75, 3.05) is 40.4 Å². The predicted molar refractivity (Wildman–Crippen MR) is 96.1 cm³/mol. The number of nitrogens with one attached hydrogen (secondary N) is 2. The van der Waals surface area contributed by atoms with E-state index in [1.165, 1.54) is 18.4 Å². The maximum Gasteiger partial charge on any atom is 0.191 e. The number of halogens is 1. The molecule has 0 spiro atoms. The highest BCUT2D eigenvalue weighted by Crippen LogP contribution is 2.15. The summed E-state index contributed by atoms with van der Waals surface area (Å²) < 4.78 is 5.19. The zero-order chi connectivity index (χ0) is 16.5. The zero-order valence-corrected chi connectivity index (χ0v) is 14.8. The van der Waals surface area contributed by atoms with E-state index in [1.54, 1.807) is 14.2 Å². The highest BCUT2D eigenvalue weighted by Gasteiger charge is 2.23. The molecule has 6 heteroatoms. The standard InChI is InChI=1S/C17H27ClN4O/c1-19-17(20-12-14-5-7-15(18)8-6-14)21-13-16-4-3-9-22(16)10-11-23-2/h5-8,16H,3-4,9-13H2,1-2H3,(H2,19,20,21). The smallest absolute Gasteiger partial charge is 0.191 e. The number of nitrogens with zero attached hydrogens (tertiary/aromatic N) is 2. The van der Waals surface area contributed by atoms with E-state index in [9.17, 15) is 0 Å². The molecule has 1 fully saturated rings. The average molecular weight is 339 g/mol. The number of ether oxygens (including phenoxy) is 1. The lowest BCUT2D eigenvalue weighted by molar-refractivity contribution is 0.141. The first kappa shape index (κ1) is 18.0. The molecular weight excluding hydrogens is 312 g/mol. The molecule has 1 aromatic carbocycles. The van der Waals surface area contributed by atoms with Crippen LogP contribution in [0.2, 0.25) is 5.02 Å². The van der Waals surface area contributed by atoms with Gasteiger partial charge in [-0.2, -0.15) is 0 Å². The SMILES string of the molecule is CN=C(NCc1ccc(Cl)cc1)NCC1CCCN1CCOC. The van der Waals surface area contributed by atoms with Gasteiger partial charge in [-0.05, 0) is 37.1 Å². The predicted octanol–water partition coefficient (Wildman–Crippen LogP) is 2.12. The molecule has 1 atom stereocenters. The minimum absolute atomic E-state index is 0.555. The van der Waals surface area contributed by atoms with Gasteiger partial charge >= 0.3 is 0 Å². The summed E-state index contributed by atoms with van der Waals surface area (Å²) in [5.41, 5.74) is 1.18. The van der Waals surface area contributed by atoms with Crippen LogP contribution in [-0.4, -0.2) is 57.3 Å². The molecule has 0 aromatic heterocycles. The van der Waals surface area contributed by atoms with Gasteiger partial charge in [0, 0.05) is 44.9 Å². The lowest BCUT2D eigenvalue weighted by Gasteiger charge is -2.25. The summed E-state index contributed by atoms with van der Waals surface area (Å²) in [5, 5.41) is 7.53. The number of hydrogen-bond acceptors (Lipinski definition) is 3. The minimum Gasteiger partial charge on any atom is -0.383 e. The van der Waals surface area contributed by atoms with Crippen LogP contribution in [0.15, 0.2) is 29.3 Å². The molecule has 0 radical (unpaired) electrons. The van der Waals surface area contributed by atoms with Crippen molar-refractivity contribution < 1.29 is 4.74 Å². The van der Waals surface area contributed by atoms with Gasteiger partial charge in [0.1, 0.15) is 0 Å². The van der Waals surface area contributed by atoms with Gasteiger partial charge in [-0.25, -0.2) is 0 Å². The molecule has 2 rings (SSSR count). The summed E-state index contributed by atoms with van der Waals surface area (Å²) in [5.74, 6) is 0.832. The van der Waals surface area contributed by atoms with Gasteiger partial charge < -0.3 is 15.4 Å². The number of aliphatic imine (C=N–C) groups is 1. The molecule has 0 aliphatic carbocycles. The Bertz CT molecular complexity index is 492. The Hall–Kier alpha value is -1.30. The Morgan fingerprint density at radius 3 is 2.83 bits per heavy atom. The van der Waals surface area contributed by atoms with Crippen molar-refractivity contribution in [1.29, 1.82) is 0 Å². The highest BCUT2D eigenvalue weighted by molar-refractivity contribution is 6.30. The third-order valence-corrected chi connectivity index (χ3v) is 4.44. The lowest BCUT2D eigenvalue weighted by Crippen LogP contribution is -2.45. The molecule has 0 amide bonds. The molecular formula is C17H27ClN4O. The van der Waals surface area contributed by atoms with E-state index in [0.29, 0.717) is 6.04 Å². The Labute approximate surface area is 144 Å². The van der Waals surface area contributed by atoms with Crippen molar-refractivity contribution in [2.24, 2.45) is 4.99 Å². The summed E-state index contributed by atoms with van der Waals surface area (Å²) in [6.45, 7) is 4.59. The van der Waals surface area contributed by atoms with E-state index in [-0.39, 0.29) is 0 Å². The first-order valence-corrected chi connectivity index (χ1v) is 8.52. The molecule has 0 bridgehead atoms. The molecule has 23 heavy (non-hydrogen) atoms. The first-order chi connectivity index (χ1) is 11.2. The number of rotatable bonds is 7. The maximum atomic E-state index is 5.90. The van der Waals surface area contributed by atoms with Crippen LogP contribution in [0.4, 0.5) is 0 Å². The fraction of sp³-hybridized carbons (Fsp3) is 0.588. The second kappa shape index (κ2) is 9.75. The molecule has 1 aliphatic rings. The average Bonchev–Trinajstić information content (AvgIpc) is 3.02. The topological polar surface area (TPSA) is 48.9 Å². The van der Waals surface area contributed by atoms with Crippen molar-refractivity contribution >= 4 is 17.6 Å². The zero-order valence-electron chi connectivity index (χ0n) is 14.0. The monoisotopic (exact) mass is 338 g/mol. The normalized spacial score (nSPS) is 19.1. The summed E-state index contributed by atoms with van der Waals surface area (Å²) in [7, 11) is 3.56. The largest absolute Gasteiger partial charge is 0.383 e. The Kier molecular flexibility index (Phi) is 7.65. The van der Waals surface area contributed by atoms with Gasteiger partial charge in [0.25, 0.3) is 0 Å². The number of methoxy groups -OCH3 is 1. The van der Waals surface area contributed by atoms with Crippen LogP contribution in [0.1, 0.15) is 18.4 Å². The van der Waals surface area contributed by atoms with E-state index in [2.05, 4.69) is 20.5 Å². The molecule has 5 nitrogen and oxygen atoms in total. The number of guanidine groups is 1. The van der Waals surface area contributed by atoms with E-state index < -0.39 is 0 Å². The van der Waals surface area contributed by atoms with Crippen molar-refractivity contribution in [3.05, 3.63) is 34.9 Å². The van der Waals surface area contributed by atoms with Crippen molar-refractivity contribution in [1.82, 2.24) is 15.5 Å². The van der Waals surface area contributed by atoms with Crippen LogP contribution in [0.5, 0.6) is 0 Å². The third-order valence-electron chi connectivity index (χ3n) is 4.18. The fourth-order valence-corrected chi connectivity index (χ4v) is 2.98. The van der Waals surface area contributed by atoms with Crippen LogP contribution >= 0.6 is 11.6 Å². The van der Waals surface area contributed by atoms with Gasteiger partial charge in [0.2, 0.25) is 0 Å². The van der Waals surface area contributed by atoms with Gasteiger partial charge in [0.15, 0.2) is 5.96 Å². The van der Waals surface area contributed by atoms with Gasteiger partial charge in [-0.3, -0.25) is 9.89 Å². The van der Waals surface area contributed by atoms with Crippen molar-refractivity contribution in [3.8, 4) is 0 Å². The van der Waals surface area contributed by atoms with Crippen molar-refractivity contribution in [3.63, 3.8) is 0 Å². The molecule has 1 aliphatic heterocycles. The Morgan fingerprint density at radius 2 is 2.13 bits per heavy atom. The fourth-order valence-electron chi connectivity index (χ4n) is 2.85. The molecule has 1 saturated heterocycles. The second-order valence-corrected chi connectivity index (χ2v) is 6.19. The van der Waals surface area contributed by atoms with E-state index in [4.69, 9.17) is 16.3 Å². The van der Waals surface area contributed by atoms with Gasteiger partial charge in [0.05, 0.1) is 6.61 Å². The number of likely N-dealkylation sites (tertiary alicyclic amines) is 1. The molecule has 128 valence electrons. The lowest BCUT2D eigenvalue weighted by atomic mass is 10.2. The molecule has 1 heterocycles. The summed E-state index contributed by atoms with van der Waals surface area (Å²) in [6, 6.07) is 8.40. The molecule has 0 saturated carbocycles. The number of hydrogen-bond donors (Lipinski definition) is 2.